The number of benzene rings is 2. The molecular formula is C16H18N2O2. The molecule has 0 radical (unpaired) electrons. The highest BCUT2D eigenvalue weighted by atomic mass is 16.5. The number of rotatable bonds is 4. The first kappa shape index (κ1) is 12.7. The smallest absolute Gasteiger partial charge is 0.121 e. The topological polar surface area (TPSA) is 33.7 Å². The van der Waals surface area contributed by atoms with Crippen LogP contribution in [0.25, 0.3) is 0 Å². The van der Waals surface area contributed by atoms with E-state index in [9.17, 15) is 0 Å². The minimum Gasteiger partial charge on any atom is -0.497 e. The quantitative estimate of drug-likeness (QED) is 0.925. The summed E-state index contributed by atoms with van der Waals surface area (Å²) in [5, 5.41) is 3.39. The molecule has 0 spiro atoms. The molecule has 2 aromatic rings. The molecule has 0 aliphatic carbocycles. The molecular weight excluding hydrogens is 252 g/mol. The summed E-state index contributed by atoms with van der Waals surface area (Å²) in [4.78, 5) is 2.30. The van der Waals surface area contributed by atoms with Crippen molar-refractivity contribution in [2.45, 2.75) is 6.54 Å². The first-order chi connectivity index (χ1) is 9.80. The van der Waals surface area contributed by atoms with Crippen LogP contribution in [-0.4, -0.2) is 20.9 Å². The number of nitrogens with zero attached hydrogens (tertiary/aromatic N) is 1. The van der Waals surface area contributed by atoms with Gasteiger partial charge in [-0.2, -0.15) is 0 Å². The normalized spacial score (nSPS) is 12.8. The standard InChI is InChI=1S/C16H18N2O2/c1-19-13-5-3-12(4-6-13)10-18-11-17-15-9-14(20-2)7-8-16(15)18/h3-9,17H,10-11H2,1-2H3. The van der Waals surface area contributed by atoms with Gasteiger partial charge in [-0.1, -0.05) is 12.1 Å². The lowest BCUT2D eigenvalue weighted by atomic mass is 10.2. The van der Waals surface area contributed by atoms with Gasteiger partial charge in [0.15, 0.2) is 0 Å². The average molecular weight is 270 g/mol. The van der Waals surface area contributed by atoms with Crippen LogP contribution in [0.1, 0.15) is 5.56 Å². The minimum absolute atomic E-state index is 0.814. The summed E-state index contributed by atoms with van der Waals surface area (Å²) in [6.07, 6.45) is 0. The summed E-state index contributed by atoms with van der Waals surface area (Å²) in [5.41, 5.74) is 3.59. The molecule has 0 bridgehead atoms. The molecule has 0 fully saturated rings. The number of hydrogen-bond acceptors (Lipinski definition) is 4. The van der Waals surface area contributed by atoms with Crippen molar-refractivity contribution in [1.29, 1.82) is 0 Å². The maximum absolute atomic E-state index is 5.25. The monoisotopic (exact) mass is 270 g/mol. The van der Waals surface area contributed by atoms with Crippen LogP contribution in [0.15, 0.2) is 42.5 Å². The Morgan fingerprint density at radius 2 is 1.70 bits per heavy atom. The molecule has 1 N–H and O–H groups in total. The first-order valence-electron chi connectivity index (χ1n) is 6.60. The second kappa shape index (κ2) is 5.33. The Kier molecular flexibility index (Phi) is 3.37. The van der Waals surface area contributed by atoms with Crippen LogP contribution in [0.4, 0.5) is 11.4 Å². The van der Waals surface area contributed by atoms with Gasteiger partial charge in [0.1, 0.15) is 11.5 Å². The predicted molar refractivity (Wildman–Crippen MR) is 80.7 cm³/mol. The number of ether oxygens (including phenoxy) is 2. The fourth-order valence-electron chi connectivity index (χ4n) is 2.42. The molecule has 4 heteroatoms. The van der Waals surface area contributed by atoms with E-state index in [4.69, 9.17) is 9.47 Å². The van der Waals surface area contributed by atoms with Crippen LogP contribution in [0.3, 0.4) is 0 Å². The maximum Gasteiger partial charge on any atom is 0.121 e. The summed E-state index contributed by atoms with van der Waals surface area (Å²) >= 11 is 0. The van der Waals surface area contributed by atoms with Gasteiger partial charge in [0.05, 0.1) is 32.3 Å². The van der Waals surface area contributed by atoms with Gasteiger partial charge in [-0.15, -0.1) is 0 Å². The average Bonchev–Trinajstić information content (AvgIpc) is 2.90. The molecule has 0 unspecified atom stereocenters. The van der Waals surface area contributed by atoms with Crippen LogP contribution in [0.2, 0.25) is 0 Å². The third kappa shape index (κ3) is 2.37. The molecule has 4 nitrogen and oxygen atoms in total. The van der Waals surface area contributed by atoms with Gasteiger partial charge in [0.25, 0.3) is 0 Å². The molecule has 1 heterocycles. The third-order valence-corrected chi connectivity index (χ3v) is 3.54. The van der Waals surface area contributed by atoms with Crippen molar-refractivity contribution < 1.29 is 9.47 Å². The summed E-state index contributed by atoms with van der Waals surface area (Å²) in [6, 6.07) is 14.3. The molecule has 0 aromatic heterocycles. The zero-order valence-electron chi connectivity index (χ0n) is 11.7. The van der Waals surface area contributed by atoms with Gasteiger partial charge in [-0.05, 0) is 29.8 Å². The maximum atomic E-state index is 5.25. The Hall–Kier alpha value is -2.36. The molecule has 1 aliphatic rings. The molecule has 1 aliphatic heterocycles. The van der Waals surface area contributed by atoms with E-state index < -0.39 is 0 Å². The Morgan fingerprint density at radius 3 is 2.40 bits per heavy atom. The fourth-order valence-corrected chi connectivity index (χ4v) is 2.42. The zero-order valence-corrected chi connectivity index (χ0v) is 11.7. The largest absolute Gasteiger partial charge is 0.497 e. The second-order valence-corrected chi connectivity index (χ2v) is 4.76. The lowest BCUT2D eigenvalue weighted by Gasteiger charge is -2.18. The van der Waals surface area contributed by atoms with Crippen LogP contribution < -0.4 is 19.7 Å². The highest BCUT2D eigenvalue weighted by Crippen LogP contribution is 2.35. The van der Waals surface area contributed by atoms with E-state index in [1.165, 1.54) is 11.3 Å². The highest BCUT2D eigenvalue weighted by molar-refractivity contribution is 5.76. The number of fused-ring (bicyclic) bond motifs is 1. The SMILES string of the molecule is COc1ccc(CN2CNc3cc(OC)ccc32)cc1. The minimum atomic E-state index is 0.814. The Bertz CT molecular complexity index is 596. The lowest BCUT2D eigenvalue weighted by molar-refractivity contribution is 0.414. The number of nitrogens with one attached hydrogen (secondary N) is 1. The summed E-state index contributed by atoms with van der Waals surface area (Å²) in [7, 11) is 3.37. The van der Waals surface area contributed by atoms with Crippen LogP contribution in [0.5, 0.6) is 11.5 Å². The fraction of sp³-hybridized carbons (Fsp3) is 0.250. The van der Waals surface area contributed by atoms with Crippen LogP contribution in [-0.2, 0) is 6.54 Å². The van der Waals surface area contributed by atoms with E-state index in [1.54, 1.807) is 14.2 Å². The van der Waals surface area contributed by atoms with Gasteiger partial charge in [0, 0.05) is 12.6 Å². The first-order valence-corrected chi connectivity index (χ1v) is 6.60. The van der Waals surface area contributed by atoms with E-state index >= 15 is 0 Å². The summed E-state index contributed by atoms with van der Waals surface area (Å²) in [6.45, 7) is 1.69. The zero-order chi connectivity index (χ0) is 13.9. The van der Waals surface area contributed by atoms with Crippen molar-refractivity contribution >= 4 is 11.4 Å². The Morgan fingerprint density at radius 1 is 1.00 bits per heavy atom. The van der Waals surface area contributed by atoms with Gasteiger partial charge < -0.3 is 19.7 Å². The van der Waals surface area contributed by atoms with Crippen LogP contribution >= 0.6 is 0 Å². The lowest BCUT2D eigenvalue weighted by Crippen LogP contribution is -2.21. The van der Waals surface area contributed by atoms with Crippen LogP contribution in [0, 0.1) is 0 Å². The van der Waals surface area contributed by atoms with E-state index in [-0.39, 0.29) is 0 Å². The van der Waals surface area contributed by atoms with Crippen molar-refractivity contribution in [3.63, 3.8) is 0 Å². The summed E-state index contributed by atoms with van der Waals surface area (Å²) in [5.74, 6) is 1.76. The molecule has 0 saturated heterocycles. The molecule has 20 heavy (non-hydrogen) atoms. The van der Waals surface area contributed by atoms with Crippen molar-refractivity contribution in [3.05, 3.63) is 48.0 Å². The second-order valence-electron chi connectivity index (χ2n) is 4.76. The number of methoxy groups -OCH3 is 2. The molecule has 0 saturated carbocycles. The van der Waals surface area contributed by atoms with Gasteiger partial charge in [0.2, 0.25) is 0 Å². The molecule has 2 aromatic carbocycles. The Balaban J connectivity index is 1.77. The predicted octanol–water partition coefficient (Wildman–Crippen LogP) is 3.09. The number of anilines is 2. The highest BCUT2D eigenvalue weighted by Gasteiger charge is 2.18. The van der Waals surface area contributed by atoms with Crippen molar-refractivity contribution in [1.82, 2.24) is 0 Å². The van der Waals surface area contributed by atoms with Crippen molar-refractivity contribution in [3.8, 4) is 11.5 Å². The van der Waals surface area contributed by atoms with E-state index in [1.807, 2.05) is 24.3 Å². The van der Waals surface area contributed by atoms with Gasteiger partial charge in [-0.25, -0.2) is 0 Å². The van der Waals surface area contributed by atoms with Gasteiger partial charge in [-0.3, -0.25) is 0 Å². The molecule has 104 valence electrons. The molecule has 3 rings (SSSR count). The van der Waals surface area contributed by atoms with E-state index in [0.29, 0.717) is 0 Å². The van der Waals surface area contributed by atoms with Crippen molar-refractivity contribution in [2.24, 2.45) is 0 Å². The summed E-state index contributed by atoms with van der Waals surface area (Å²) < 4.78 is 10.4. The number of hydrogen-bond donors (Lipinski definition) is 1. The van der Waals surface area contributed by atoms with E-state index in [0.717, 1.165) is 30.4 Å². The molecule has 0 amide bonds. The van der Waals surface area contributed by atoms with E-state index in [2.05, 4.69) is 28.4 Å². The third-order valence-electron chi connectivity index (χ3n) is 3.54. The molecule has 0 atom stereocenters. The van der Waals surface area contributed by atoms with Gasteiger partial charge >= 0.3 is 0 Å². The Labute approximate surface area is 118 Å². The van der Waals surface area contributed by atoms with Crippen molar-refractivity contribution in [2.75, 3.05) is 31.1 Å².